The van der Waals surface area contributed by atoms with Crippen molar-refractivity contribution in [3.63, 3.8) is 0 Å². The van der Waals surface area contributed by atoms with E-state index in [9.17, 15) is 0 Å². The van der Waals surface area contributed by atoms with Crippen LogP contribution in [0.15, 0.2) is 34.4 Å². The fraction of sp³-hybridized carbons (Fsp3) is 0.125. The second kappa shape index (κ2) is 4.34. The zero-order valence-electron chi connectivity index (χ0n) is 6.75. The average Bonchev–Trinajstić information content (AvgIpc) is 2.69. The second-order valence-electron chi connectivity index (χ2n) is 2.35. The zero-order chi connectivity index (χ0) is 8.93. The molecule has 0 aliphatic carbocycles. The smallest absolute Gasteiger partial charge is 0.174 e. The van der Waals surface area contributed by atoms with Crippen LogP contribution in [0.1, 0.15) is 5.56 Å². The van der Waals surface area contributed by atoms with E-state index >= 15 is 0 Å². The Kier molecular flexibility index (Phi) is 2.89. The molecule has 0 aromatic carbocycles. The molecule has 0 bridgehead atoms. The van der Waals surface area contributed by atoms with Crippen molar-refractivity contribution in [3.05, 3.63) is 35.6 Å². The third kappa shape index (κ3) is 2.50. The predicted octanol–water partition coefficient (Wildman–Crippen LogP) is 2.23. The lowest BCUT2D eigenvalue weighted by atomic mass is 10.3. The van der Waals surface area contributed by atoms with Gasteiger partial charge in [-0.1, -0.05) is 29.2 Å². The molecule has 0 amide bonds. The predicted molar refractivity (Wildman–Crippen MR) is 53.7 cm³/mol. The Hall–Kier alpha value is -0.940. The van der Waals surface area contributed by atoms with Crippen LogP contribution in [0, 0.1) is 0 Å². The highest BCUT2D eigenvalue weighted by Gasteiger charge is 1.98. The fourth-order valence-corrected chi connectivity index (χ4v) is 2.28. The maximum absolute atomic E-state index is 4.04. The molecule has 0 atom stereocenters. The molecule has 0 spiro atoms. The van der Waals surface area contributed by atoms with Gasteiger partial charge in [-0.25, -0.2) is 0 Å². The molecule has 13 heavy (non-hydrogen) atoms. The largest absolute Gasteiger partial charge is 0.264 e. The summed E-state index contributed by atoms with van der Waals surface area (Å²) in [5.41, 5.74) is 2.95. The van der Waals surface area contributed by atoms with Gasteiger partial charge in [0.1, 0.15) is 5.51 Å². The van der Waals surface area contributed by atoms with Crippen molar-refractivity contribution in [2.75, 3.05) is 0 Å². The minimum atomic E-state index is 0.906. The highest BCUT2D eigenvalue weighted by molar-refractivity contribution is 8.00. The molecule has 3 nitrogen and oxygen atoms in total. The van der Waals surface area contributed by atoms with E-state index in [2.05, 4.69) is 21.2 Å². The Morgan fingerprint density at radius 2 is 2.46 bits per heavy atom. The van der Waals surface area contributed by atoms with Crippen molar-refractivity contribution in [1.29, 1.82) is 0 Å². The van der Waals surface area contributed by atoms with Crippen LogP contribution in [0.25, 0.3) is 0 Å². The minimum absolute atomic E-state index is 0.906. The monoisotopic (exact) mass is 209 g/mol. The van der Waals surface area contributed by atoms with Gasteiger partial charge in [0.25, 0.3) is 0 Å². The molecule has 0 aliphatic rings. The van der Waals surface area contributed by atoms with Crippen molar-refractivity contribution in [2.45, 2.75) is 10.1 Å². The standard InChI is InChI=1S/C8H7N3S2/c1-2-7(4-9-3-1)5-12-8-11-10-6-13-8/h1-4,6H,5H2. The summed E-state index contributed by atoms with van der Waals surface area (Å²) in [6, 6.07) is 4.00. The maximum Gasteiger partial charge on any atom is 0.174 e. The van der Waals surface area contributed by atoms with Gasteiger partial charge in [0.2, 0.25) is 0 Å². The van der Waals surface area contributed by atoms with Crippen molar-refractivity contribution < 1.29 is 0 Å². The molecular formula is C8H7N3S2. The summed E-state index contributed by atoms with van der Waals surface area (Å²) >= 11 is 3.25. The molecule has 5 heteroatoms. The number of nitrogens with zero attached hydrogens (tertiary/aromatic N) is 3. The van der Waals surface area contributed by atoms with Crippen LogP contribution in [0.3, 0.4) is 0 Å². The molecule has 0 aliphatic heterocycles. The van der Waals surface area contributed by atoms with E-state index in [1.54, 1.807) is 34.8 Å². The van der Waals surface area contributed by atoms with Crippen LogP contribution in [0.2, 0.25) is 0 Å². The molecule has 0 unspecified atom stereocenters. The van der Waals surface area contributed by atoms with Crippen molar-refractivity contribution in [1.82, 2.24) is 15.2 Å². The first-order valence-corrected chi connectivity index (χ1v) is 5.59. The molecule has 0 saturated carbocycles. The number of hydrogen-bond acceptors (Lipinski definition) is 5. The van der Waals surface area contributed by atoms with Gasteiger partial charge in [-0.3, -0.25) is 4.98 Å². The zero-order valence-corrected chi connectivity index (χ0v) is 8.38. The molecule has 2 heterocycles. The Morgan fingerprint density at radius 3 is 3.15 bits per heavy atom. The van der Waals surface area contributed by atoms with E-state index in [1.165, 1.54) is 5.56 Å². The number of aromatic nitrogens is 3. The van der Waals surface area contributed by atoms with Crippen LogP contribution in [0.4, 0.5) is 0 Å². The van der Waals surface area contributed by atoms with Gasteiger partial charge in [0.05, 0.1) is 0 Å². The molecular weight excluding hydrogens is 202 g/mol. The molecule has 2 rings (SSSR count). The number of hydrogen-bond donors (Lipinski definition) is 0. The lowest BCUT2D eigenvalue weighted by molar-refractivity contribution is 1.01. The summed E-state index contributed by atoms with van der Waals surface area (Å²) in [4.78, 5) is 4.04. The van der Waals surface area contributed by atoms with Gasteiger partial charge < -0.3 is 0 Å². The van der Waals surface area contributed by atoms with Crippen LogP contribution in [-0.2, 0) is 5.75 Å². The van der Waals surface area contributed by atoms with E-state index in [-0.39, 0.29) is 0 Å². The Morgan fingerprint density at radius 1 is 1.46 bits per heavy atom. The number of rotatable bonds is 3. The van der Waals surface area contributed by atoms with Crippen molar-refractivity contribution in [3.8, 4) is 0 Å². The summed E-state index contributed by atoms with van der Waals surface area (Å²) in [6.45, 7) is 0. The molecule has 2 aromatic rings. The van der Waals surface area contributed by atoms with Crippen molar-refractivity contribution in [2.24, 2.45) is 0 Å². The maximum atomic E-state index is 4.04. The van der Waals surface area contributed by atoms with Crippen molar-refractivity contribution >= 4 is 23.1 Å². The van der Waals surface area contributed by atoms with Gasteiger partial charge >= 0.3 is 0 Å². The van der Waals surface area contributed by atoms with Crippen LogP contribution < -0.4 is 0 Å². The highest BCUT2D eigenvalue weighted by atomic mass is 32.2. The Bertz CT molecular complexity index is 347. The molecule has 0 saturated heterocycles. The summed E-state index contributed by atoms with van der Waals surface area (Å²) in [5, 5.41) is 7.71. The third-order valence-electron chi connectivity index (χ3n) is 1.43. The van der Waals surface area contributed by atoms with E-state index < -0.39 is 0 Å². The van der Waals surface area contributed by atoms with E-state index in [0.717, 1.165) is 10.1 Å². The van der Waals surface area contributed by atoms with E-state index in [4.69, 9.17) is 0 Å². The normalized spacial score (nSPS) is 10.2. The molecule has 0 radical (unpaired) electrons. The first-order chi connectivity index (χ1) is 6.45. The van der Waals surface area contributed by atoms with Gasteiger partial charge in [-0.15, -0.1) is 10.2 Å². The third-order valence-corrected chi connectivity index (χ3v) is 3.36. The molecule has 0 N–H and O–H groups in total. The van der Waals surface area contributed by atoms with Gasteiger partial charge in [-0.2, -0.15) is 0 Å². The SMILES string of the molecule is c1cncc(CSc2nncs2)c1. The van der Waals surface area contributed by atoms with Crippen LogP contribution in [0.5, 0.6) is 0 Å². The fourth-order valence-electron chi connectivity index (χ4n) is 0.854. The summed E-state index contributed by atoms with van der Waals surface area (Å²) in [6.07, 6.45) is 3.65. The number of thioether (sulfide) groups is 1. The first-order valence-electron chi connectivity index (χ1n) is 3.73. The van der Waals surface area contributed by atoms with Gasteiger partial charge in [-0.05, 0) is 11.6 Å². The van der Waals surface area contributed by atoms with Gasteiger partial charge in [0.15, 0.2) is 4.34 Å². The Balaban J connectivity index is 1.94. The van der Waals surface area contributed by atoms with Gasteiger partial charge in [0, 0.05) is 18.1 Å². The molecule has 66 valence electrons. The minimum Gasteiger partial charge on any atom is -0.264 e. The summed E-state index contributed by atoms with van der Waals surface area (Å²) in [7, 11) is 0. The first kappa shape index (κ1) is 8.65. The lowest BCUT2D eigenvalue weighted by Gasteiger charge is -1.95. The van der Waals surface area contributed by atoms with Crippen LogP contribution >= 0.6 is 23.1 Å². The van der Waals surface area contributed by atoms with E-state index in [0.29, 0.717) is 0 Å². The second-order valence-corrected chi connectivity index (χ2v) is 4.41. The summed E-state index contributed by atoms with van der Waals surface area (Å²) < 4.78 is 1.00. The topological polar surface area (TPSA) is 38.7 Å². The number of pyridine rings is 1. The lowest BCUT2D eigenvalue weighted by Crippen LogP contribution is -1.80. The quantitative estimate of drug-likeness (QED) is 0.727. The molecule has 0 fully saturated rings. The molecule has 2 aromatic heterocycles. The van der Waals surface area contributed by atoms with Crippen LogP contribution in [-0.4, -0.2) is 15.2 Å². The highest BCUT2D eigenvalue weighted by Crippen LogP contribution is 2.22. The van der Waals surface area contributed by atoms with E-state index in [1.807, 2.05) is 12.3 Å². The average molecular weight is 209 g/mol. The Labute approximate surface area is 84.2 Å². The summed E-state index contributed by atoms with van der Waals surface area (Å²) in [5.74, 6) is 0.906.